The molecule has 2 aromatic carbocycles. The number of aromatic nitrogens is 2. The second kappa shape index (κ2) is 8.58. The number of fused-ring (bicyclic) bond motifs is 2. The van der Waals surface area contributed by atoms with Crippen LogP contribution in [-0.2, 0) is 5.54 Å². The minimum Gasteiger partial charge on any atom is -0.487 e. The number of nitrogens with zero attached hydrogens (tertiary/aromatic N) is 1. The lowest BCUT2D eigenvalue weighted by molar-refractivity contribution is 0.101. The molecule has 9 heteroatoms. The zero-order chi connectivity index (χ0) is 25.0. The molecule has 36 heavy (non-hydrogen) atoms. The maximum Gasteiger partial charge on any atom is 0.202 e. The van der Waals surface area contributed by atoms with E-state index in [1.807, 2.05) is 29.0 Å². The summed E-state index contributed by atoms with van der Waals surface area (Å²) in [5.74, 6) is -0.110. The van der Waals surface area contributed by atoms with Crippen molar-refractivity contribution >= 4 is 50.7 Å². The normalized spacial score (nSPS) is 16.1. The van der Waals surface area contributed by atoms with Crippen LogP contribution in [0.25, 0.3) is 21.8 Å². The number of aromatic amines is 1. The quantitative estimate of drug-likeness (QED) is 0.142. The van der Waals surface area contributed by atoms with E-state index < -0.39 is 11.2 Å². The van der Waals surface area contributed by atoms with Crippen molar-refractivity contribution in [3.8, 4) is 5.75 Å². The second-order valence-corrected chi connectivity index (χ2v) is 10.8. The van der Waals surface area contributed by atoms with Gasteiger partial charge in [0.25, 0.3) is 0 Å². The fraction of sp³-hybridized carbons (Fsp3) is 0.333. The molecule has 0 radical (unpaired) electrons. The molecule has 4 N–H and O–H groups in total. The van der Waals surface area contributed by atoms with Gasteiger partial charge in [-0.25, -0.2) is 4.39 Å². The van der Waals surface area contributed by atoms with E-state index in [1.54, 1.807) is 18.0 Å². The number of ketones is 1. The number of nitrogen functional groups attached to an aromatic ring is 1. The number of hydrogen-bond donors (Lipinski definition) is 3. The number of carbonyl (C=O) groups excluding carboxylic acids is 1. The number of anilines is 2. The Morgan fingerprint density at radius 3 is 2.86 bits per heavy atom. The van der Waals surface area contributed by atoms with Crippen LogP contribution in [0, 0.1) is 5.82 Å². The first-order chi connectivity index (χ1) is 17.4. The lowest BCUT2D eigenvalue weighted by atomic mass is 9.93. The number of rotatable bonds is 6. The van der Waals surface area contributed by atoms with Crippen molar-refractivity contribution in [3.05, 3.63) is 58.3 Å². The molecule has 0 unspecified atom stereocenters. The topological polar surface area (TPSA) is 102 Å². The molecule has 1 fully saturated rings. The van der Waals surface area contributed by atoms with Gasteiger partial charge in [0, 0.05) is 40.5 Å². The van der Waals surface area contributed by atoms with E-state index >= 15 is 4.39 Å². The third kappa shape index (κ3) is 3.40. The smallest absolute Gasteiger partial charge is 0.202 e. The molecule has 6 rings (SSSR count). The summed E-state index contributed by atoms with van der Waals surface area (Å²) in [5, 5.41) is 4.35. The molecule has 3 heterocycles. The van der Waals surface area contributed by atoms with Crippen LogP contribution < -0.4 is 21.2 Å². The Morgan fingerprint density at radius 2 is 2.08 bits per heavy atom. The van der Waals surface area contributed by atoms with Gasteiger partial charge in [-0.2, -0.15) is 0 Å². The Hall–Kier alpha value is -3.46. The van der Waals surface area contributed by atoms with Gasteiger partial charge in [0.2, 0.25) is 5.43 Å². The van der Waals surface area contributed by atoms with Crippen LogP contribution in [0.2, 0.25) is 0 Å². The van der Waals surface area contributed by atoms with Crippen molar-refractivity contribution in [1.82, 2.24) is 9.55 Å². The third-order valence-electron chi connectivity index (χ3n) is 7.50. The number of hydrogen-bond acceptors (Lipinski definition) is 6. The van der Waals surface area contributed by atoms with Gasteiger partial charge in [0.15, 0.2) is 17.3 Å². The number of pyridine rings is 1. The molecule has 0 atom stereocenters. The number of benzene rings is 2. The van der Waals surface area contributed by atoms with E-state index in [0.717, 1.165) is 41.5 Å². The molecule has 0 bridgehead atoms. The van der Waals surface area contributed by atoms with Crippen molar-refractivity contribution in [2.24, 2.45) is 0 Å². The molecule has 1 saturated carbocycles. The average molecular weight is 507 g/mol. The SMILES string of the molecule is CC(=O)c1cn2c3c(c(NCCSc4c[nH]c5ccccc45)c(F)c(N)c3c1=O)OCC21CCCC1. The summed E-state index contributed by atoms with van der Waals surface area (Å²) in [6, 6.07) is 8.09. The van der Waals surface area contributed by atoms with Crippen molar-refractivity contribution in [1.29, 1.82) is 0 Å². The zero-order valence-electron chi connectivity index (χ0n) is 19.9. The molecule has 0 amide bonds. The third-order valence-corrected chi connectivity index (χ3v) is 8.55. The molecule has 1 aliphatic heterocycles. The first-order valence-electron chi connectivity index (χ1n) is 12.2. The largest absolute Gasteiger partial charge is 0.487 e. The highest BCUT2D eigenvalue weighted by molar-refractivity contribution is 7.99. The first-order valence-corrected chi connectivity index (χ1v) is 13.2. The maximum absolute atomic E-state index is 15.6. The number of nitrogens with two attached hydrogens (primary N) is 1. The molecule has 1 aliphatic carbocycles. The summed E-state index contributed by atoms with van der Waals surface area (Å²) in [6.07, 6.45) is 7.39. The summed E-state index contributed by atoms with van der Waals surface area (Å²) in [6.45, 7) is 2.17. The Labute approximate surface area is 211 Å². The van der Waals surface area contributed by atoms with Gasteiger partial charge < -0.3 is 25.3 Å². The van der Waals surface area contributed by atoms with Crippen molar-refractivity contribution in [2.45, 2.75) is 43.0 Å². The van der Waals surface area contributed by atoms with Gasteiger partial charge in [0.1, 0.15) is 12.3 Å². The number of Topliss-reactive ketones (excluding diaryl/α,β-unsaturated/α-hetero) is 1. The monoisotopic (exact) mass is 506 g/mol. The molecule has 4 aromatic rings. The molecular weight excluding hydrogens is 479 g/mol. The molecule has 0 saturated heterocycles. The number of nitrogens with one attached hydrogen (secondary N) is 2. The second-order valence-electron chi connectivity index (χ2n) is 9.65. The average Bonchev–Trinajstić information content (AvgIpc) is 3.51. The number of halogens is 1. The van der Waals surface area contributed by atoms with Gasteiger partial charge in [0.05, 0.1) is 27.7 Å². The highest BCUT2D eigenvalue weighted by atomic mass is 32.2. The van der Waals surface area contributed by atoms with E-state index in [0.29, 0.717) is 30.2 Å². The van der Waals surface area contributed by atoms with E-state index in [-0.39, 0.29) is 33.6 Å². The number of H-pyrrole nitrogens is 1. The molecule has 7 nitrogen and oxygen atoms in total. The Kier molecular flexibility index (Phi) is 5.48. The summed E-state index contributed by atoms with van der Waals surface area (Å²) in [7, 11) is 0. The molecular formula is C27H27FN4O3S. The van der Waals surface area contributed by atoms with Gasteiger partial charge in [-0.05, 0) is 25.8 Å². The predicted octanol–water partition coefficient (Wildman–Crippen LogP) is 5.27. The van der Waals surface area contributed by atoms with Crippen LogP contribution in [0.5, 0.6) is 5.75 Å². The van der Waals surface area contributed by atoms with E-state index in [1.165, 1.54) is 6.92 Å². The first kappa shape index (κ1) is 23.0. The minimum atomic E-state index is -0.721. The van der Waals surface area contributed by atoms with Crippen molar-refractivity contribution in [2.75, 3.05) is 30.0 Å². The number of para-hydroxylation sites is 1. The number of ether oxygens (including phenoxy) is 1. The molecule has 1 spiro atoms. The summed E-state index contributed by atoms with van der Waals surface area (Å²) < 4.78 is 23.8. The molecule has 2 aromatic heterocycles. The van der Waals surface area contributed by atoms with E-state index in [2.05, 4.69) is 16.4 Å². The summed E-state index contributed by atoms with van der Waals surface area (Å²) in [4.78, 5) is 29.9. The number of carbonyl (C=O) groups is 1. The van der Waals surface area contributed by atoms with E-state index in [4.69, 9.17) is 10.5 Å². The molecule has 186 valence electrons. The van der Waals surface area contributed by atoms with Crippen molar-refractivity contribution in [3.63, 3.8) is 0 Å². The Bertz CT molecular complexity index is 1590. The lowest BCUT2D eigenvalue weighted by Gasteiger charge is -2.39. The summed E-state index contributed by atoms with van der Waals surface area (Å²) >= 11 is 1.66. The Morgan fingerprint density at radius 1 is 1.31 bits per heavy atom. The van der Waals surface area contributed by atoms with E-state index in [9.17, 15) is 9.59 Å². The Balaban J connectivity index is 1.39. The highest BCUT2D eigenvalue weighted by Crippen LogP contribution is 2.48. The van der Waals surface area contributed by atoms with Crippen LogP contribution in [0.15, 0.2) is 46.3 Å². The van der Waals surface area contributed by atoms with Gasteiger partial charge in [-0.1, -0.05) is 31.0 Å². The minimum absolute atomic E-state index is 0.0277. The van der Waals surface area contributed by atoms with Crippen molar-refractivity contribution < 1.29 is 13.9 Å². The van der Waals surface area contributed by atoms with Crippen LogP contribution in [0.1, 0.15) is 43.0 Å². The van der Waals surface area contributed by atoms with Gasteiger partial charge >= 0.3 is 0 Å². The lowest BCUT2D eigenvalue weighted by Crippen LogP contribution is -2.42. The number of thioether (sulfide) groups is 1. The van der Waals surface area contributed by atoms with Crippen LogP contribution in [0.3, 0.4) is 0 Å². The van der Waals surface area contributed by atoms with Crippen LogP contribution in [0.4, 0.5) is 15.8 Å². The maximum atomic E-state index is 15.6. The van der Waals surface area contributed by atoms with Gasteiger partial charge in [-0.3, -0.25) is 9.59 Å². The fourth-order valence-corrected chi connectivity index (χ4v) is 6.57. The van der Waals surface area contributed by atoms with Crippen LogP contribution in [-0.4, -0.2) is 34.2 Å². The fourth-order valence-electron chi connectivity index (χ4n) is 5.67. The van der Waals surface area contributed by atoms with Gasteiger partial charge in [-0.15, -0.1) is 11.8 Å². The zero-order valence-corrected chi connectivity index (χ0v) is 20.8. The summed E-state index contributed by atoms with van der Waals surface area (Å²) in [5.41, 5.74) is 6.81. The highest BCUT2D eigenvalue weighted by Gasteiger charge is 2.42. The van der Waals surface area contributed by atoms with Crippen LogP contribution >= 0.6 is 11.8 Å². The predicted molar refractivity (Wildman–Crippen MR) is 142 cm³/mol. The standard InChI is InChI=1S/C27H27FN4O3S/c1-15(33)17-13-32-24-20(25(17)34)22(29)21(28)23(26(24)35-14-27(32)8-4-5-9-27)30-10-11-36-19-12-31-18-7-3-2-6-16(18)19/h2-3,6-7,12-13,30-31H,4-5,8-11,14,29H2,1H3. The molecule has 2 aliphatic rings.